The van der Waals surface area contributed by atoms with Crippen LogP contribution in [-0.4, -0.2) is 27.9 Å². The normalized spacial score (nSPS) is 10.9. The van der Waals surface area contributed by atoms with Crippen molar-refractivity contribution in [2.45, 2.75) is 33.2 Å². The Hall–Kier alpha value is -1.59. The van der Waals surface area contributed by atoms with Crippen LogP contribution in [-0.2, 0) is 20.0 Å². The third-order valence-electron chi connectivity index (χ3n) is 3.54. The van der Waals surface area contributed by atoms with Crippen LogP contribution in [0, 0.1) is 6.92 Å². The molecular weight excluding hydrogens is 298 g/mol. The first kappa shape index (κ1) is 16.8. The van der Waals surface area contributed by atoms with Crippen molar-refractivity contribution in [3.63, 3.8) is 0 Å². The second kappa shape index (κ2) is 8.15. The zero-order chi connectivity index (χ0) is 15.9. The first-order valence-electron chi connectivity index (χ1n) is 7.69. The Bertz CT molecular complexity index is 591. The fraction of sp³-hybridized carbons (Fsp3) is 0.500. The van der Waals surface area contributed by atoms with Gasteiger partial charge < -0.3 is 10.6 Å². The average Bonchev–Trinajstić information content (AvgIpc) is 2.80. The van der Waals surface area contributed by atoms with Crippen LogP contribution in [0.25, 0.3) is 0 Å². The second-order valence-electron chi connectivity index (χ2n) is 5.37. The summed E-state index contributed by atoms with van der Waals surface area (Å²) in [5, 5.41) is 11.9. The molecule has 0 amide bonds. The minimum absolute atomic E-state index is 0.728. The molecule has 0 atom stereocenters. The maximum absolute atomic E-state index is 6.27. The molecule has 2 aromatic heterocycles. The van der Waals surface area contributed by atoms with Crippen molar-refractivity contribution in [3.8, 4) is 0 Å². The molecular formula is C16H24ClN5. The van der Waals surface area contributed by atoms with Gasteiger partial charge in [0.15, 0.2) is 0 Å². The van der Waals surface area contributed by atoms with Crippen molar-refractivity contribution < 1.29 is 0 Å². The fourth-order valence-electron chi connectivity index (χ4n) is 2.27. The van der Waals surface area contributed by atoms with Crippen molar-refractivity contribution in [1.82, 2.24) is 20.1 Å². The molecule has 0 unspecified atom stereocenters. The van der Waals surface area contributed by atoms with Gasteiger partial charge in [0.25, 0.3) is 0 Å². The molecule has 0 aliphatic rings. The molecule has 0 radical (unpaired) electrons. The largest absolute Gasteiger partial charge is 0.370 e. The molecule has 2 heterocycles. The lowest BCUT2D eigenvalue weighted by atomic mass is 10.2. The van der Waals surface area contributed by atoms with Crippen LogP contribution in [0.5, 0.6) is 0 Å². The van der Waals surface area contributed by atoms with E-state index in [4.69, 9.17) is 11.6 Å². The van der Waals surface area contributed by atoms with E-state index in [1.807, 2.05) is 26.2 Å². The molecule has 6 heteroatoms. The van der Waals surface area contributed by atoms with E-state index in [-0.39, 0.29) is 0 Å². The van der Waals surface area contributed by atoms with Crippen molar-refractivity contribution in [3.05, 3.63) is 40.3 Å². The molecule has 0 aliphatic heterocycles. The molecule has 0 bridgehead atoms. The summed E-state index contributed by atoms with van der Waals surface area (Å²) in [6.45, 7) is 6.71. The minimum atomic E-state index is 0.728. The summed E-state index contributed by atoms with van der Waals surface area (Å²) >= 11 is 6.27. The summed E-state index contributed by atoms with van der Waals surface area (Å²) in [5.74, 6) is 0.925. The lowest BCUT2D eigenvalue weighted by Crippen LogP contribution is -2.18. The van der Waals surface area contributed by atoms with E-state index < -0.39 is 0 Å². The Labute approximate surface area is 137 Å². The van der Waals surface area contributed by atoms with Crippen LogP contribution in [0.3, 0.4) is 0 Å². The second-order valence-corrected chi connectivity index (χ2v) is 5.73. The van der Waals surface area contributed by atoms with Gasteiger partial charge in [-0.05, 0) is 37.9 Å². The number of anilines is 1. The Morgan fingerprint density at radius 1 is 1.27 bits per heavy atom. The van der Waals surface area contributed by atoms with Crippen LogP contribution in [0.15, 0.2) is 18.3 Å². The highest BCUT2D eigenvalue weighted by Gasteiger charge is 2.12. The molecule has 2 rings (SSSR count). The molecule has 0 aromatic carbocycles. The van der Waals surface area contributed by atoms with Crippen LogP contribution in [0.1, 0.15) is 30.2 Å². The zero-order valence-corrected chi connectivity index (χ0v) is 14.2. The van der Waals surface area contributed by atoms with E-state index in [2.05, 4.69) is 33.7 Å². The Morgan fingerprint density at radius 3 is 2.77 bits per heavy atom. The van der Waals surface area contributed by atoms with Gasteiger partial charge in [0.1, 0.15) is 11.0 Å². The average molecular weight is 322 g/mol. The first-order valence-corrected chi connectivity index (χ1v) is 8.07. The molecule has 22 heavy (non-hydrogen) atoms. The van der Waals surface area contributed by atoms with E-state index >= 15 is 0 Å². The number of hydrogen-bond acceptors (Lipinski definition) is 4. The summed E-state index contributed by atoms with van der Waals surface area (Å²) < 4.78 is 1.74. The molecule has 0 fully saturated rings. The predicted octanol–water partition coefficient (Wildman–Crippen LogP) is 2.93. The van der Waals surface area contributed by atoms with Crippen LogP contribution in [0.2, 0.25) is 5.15 Å². The van der Waals surface area contributed by atoms with E-state index in [1.165, 1.54) is 5.56 Å². The highest BCUT2D eigenvalue weighted by Crippen LogP contribution is 2.19. The van der Waals surface area contributed by atoms with Gasteiger partial charge in [-0.25, -0.2) is 4.98 Å². The fourth-order valence-corrected chi connectivity index (χ4v) is 2.49. The first-order chi connectivity index (χ1) is 10.6. The van der Waals surface area contributed by atoms with E-state index in [1.54, 1.807) is 4.68 Å². The lowest BCUT2D eigenvalue weighted by molar-refractivity contribution is 0.659. The molecule has 0 aliphatic carbocycles. The Balaban J connectivity index is 1.68. The Kier molecular flexibility index (Phi) is 6.21. The van der Waals surface area contributed by atoms with E-state index in [9.17, 15) is 0 Å². The number of rotatable bonds is 8. The quantitative estimate of drug-likeness (QED) is 0.734. The molecule has 120 valence electrons. The number of pyridine rings is 1. The van der Waals surface area contributed by atoms with Crippen molar-refractivity contribution in [1.29, 1.82) is 0 Å². The van der Waals surface area contributed by atoms with E-state index in [0.29, 0.717) is 0 Å². The lowest BCUT2D eigenvalue weighted by Gasteiger charge is -2.07. The van der Waals surface area contributed by atoms with Gasteiger partial charge in [-0.2, -0.15) is 5.10 Å². The summed E-state index contributed by atoms with van der Waals surface area (Å²) in [6, 6.07) is 4.07. The topological polar surface area (TPSA) is 54.8 Å². The number of hydrogen-bond donors (Lipinski definition) is 2. The van der Waals surface area contributed by atoms with Gasteiger partial charge in [-0.15, -0.1) is 0 Å². The van der Waals surface area contributed by atoms with Gasteiger partial charge in [0, 0.05) is 31.9 Å². The van der Waals surface area contributed by atoms with Gasteiger partial charge in [-0.1, -0.05) is 24.6 Å². The van der Waals surface area contributed by atoms with Crippen molar-refractivity contribution in [2.24, 2.45) is 7.05 Å². The maximum atomic E-state index is 6.27. The molecule has 0 spiro atoms. The van der Waals surface area contributed by atoms with Gasteiger partial charge >= 0.3 is 0 Å². The van der Waals surface area contributed by atoms with Gasteiger partial charge in [0.2, 0.25) is 0 Å². The summed E-state index contributed by atoms with van der Waals surface area (Å²) in [7, 11) is 1.88. The number of aromatic nitrogens is 3. The molecule has 0 saturated heterocycles. The maximum Gasteiger partial charge on any atom is 0.131 e. The highest BCUT2D eigenvalue weighted by molar-refractivity contribution is 6.30. The molecule has 2 N–H and O–H groups in total. The highest BCUT2D eigenvalue weighted by atomic mass is 35.5. The number of nitrogens with zero attached hydrogens (tertiary/aromatic N) is 3. The molecule has 2 aromatic rings. The third-order valence-corrected chi connectivity index (χ3v) is 4.01. The molecule has 5 nitrogen and oxygen atoms in total. The van der Waals surface area contributed by atoms with Crippen molar-refractivity contribution in [2.75, 3.05) is 18.4 Å². The van der Waals surface area contributed by atoms with Crippen LogP contribution >= 0.6 is 11.6 Å². The smallest absolute Gasteiger partial charge is 0.131 e. The summed E-state index contributed by atoms with van der Waals surface area (Å²) in [5.41, 5.74) is 3.36. The van der Waals surface area contributed by atoms with Crippen molar-refractivity contribution >= 4 is 17.4 Å². The summed E-state index contributed by atoms with van der Waals surface area (Å²) in [6.07, 6.45) is 3.80. The SMILES string of the molecule is CCc1nn(C)c(Cl)c1CNCCCNc1ccc(C)cn1. The number of halogens is 1. The van der Waals surface area contributed by atoms with Crippen LogP contribution < -0.4 is 10.6 Å². The summed E-state index contributed by atoms with van der Waals surface area (Å²) in [4.78, 5) is 4.32. The number of aryl methyl sites for hydroxylation is 3. The van der Waals surface area contributed by atoms with Crippen LogP contribution in [0.4, 0.5) is 5.82 Å². The minimum Gasteiger partial charge on any atom is -0.370 e. The van der Waals surface area contributed by atoms with Gasteiger partial charge in [-0.3, -0.25) is 4.68 Å². The monoisotopic (exact) mass is 321 g/mol. The standard InChI is InChI=1S/C16H24ClN5/c1-4-14-13(16(17)22(3)21-14)11-18-8-5-9-19-15-7-6-12(2)10-20-15/h6-7,10,18H,4-5,8-9,11H2,1-3H3,(H,19,20). The zero-order valence-electron chi connectivity index (χ0n) is 13.5. The Morgan fingerprint density at radius 2 is 2.09 bits per heavy atom. The predicted molar refractivity (Wildman–Crippen MR) is 91.4 cm³/mol. The number of nitrogens with one attached hydrogen (secondary N) is 2. The third kappa shape index (κ3) is 4.45. The van der Waals surface area contributed by atoms with E-state index in [0.717, 1.165) is 54.7 Å². The molecule has 0 saturated carbocycles. The van der Waals surface area contributed by atoms with Gasteiger partial charge in [0.05, 0.1) is 5.69 Å².